The largest absolute Gasteiger partial charge is 0.465 e. The number of carbonyl (C=O) groups is 3. The molecule has 0 unspecified atom stereocenters. The van der Waals surface area contributed by atoms with Crippen LogP contribution in [-0.4, -0.2) is 133 Å². The molecule has 18 heteroatoms. The molecule has 0 atom stereocenters. The summed E-state index contributed by atoms with van der Waals surface area (Å²) in [5.41, 5.74) is 0. The van der Waals surface area contributed by atoms with Gasteiger partial charge in [-0.3, -0.25) is 14.4 Å². The van der Waals surface area contributed by atoms with Crippen LogP contribution >= 0.6 is 94.2 Å². The van der Waals surface area contributed by atoms with Crippen molar-refractivity contribution in [1.29, 1.82) is 0 Å². The molecule has 0 aromatic heterocycles. The first kappa shape index (κ1) is 69.4. The topological polar surface area (TPSA) is 106 Å². The lowest BCUT2D eigenvalue weighted by Crippen LogP contribution is -2.35. The highest BCUT2D eigenvalue weighted by atomic mass is 33.5. The number of ether oxygens (including phenoxy) is 3. The molecule has 0 bridgehead atoms. The van der Waals surface area contributed by atoms with E-state index in [2.05, 4.69) is 30.6 Å². The fourth-order valence-corrected chi connectivity index (χ4v) is 18.1. The summed E-state index contributed by atoms with van der Waals surface area (Å²) in [6.45, 7) is 11.3. The number of aliphatic hydroxyl groups is 1. The highest BCUT2D eigenvalue weighted by Gasteiger charge is 2.15. The number of rotatable bonds is 57. The molecule has 0 aromatic rings. The van der Waals surface area contributed by atoms with Gasteiger partial charge in [-0.25, -0.2) is 0 Å². The summed E-state index contributed by atoms with van der Waals surface area (Å²) in [5, 5.41) is 9.76. The zero-order valence-corrected chi connectivity index (χ0v) is 50.4. The van der Waals surface area contributed by atoms with E-state index in [4.69, 9.17) is 14.2 Å². The summed E-state index contributed by atoms with van der Waals surface area (Å²) < 4.78 is 16.7. The Bertz CT molecular complexity index is 1030. The monoisotopic (exact) mass is 1130 g/mol. The van der Waals surface area contributed by atoms with Crippen molar-refractivity contribution in [3.05, 3.63) is 0 Å². The predicted molar refractivity (Wildman–Crippen MR) is 317 cm³/mol. The van der Waals surface area contributed by atoms with Crippen molar-refractivity contribution in [1.82, 2.24) is 9.80 Å². The summed E-state index contributed by atoms with van der Waals surface area (Å²) >= 11 is 0. The zero-order chi connectivity index (χ0) is 49.5. The molecule has 0 radical (unpaired) electrons. The summed E-state index contributed by atoms with van der Waals surface area (Å²) in [4.78, 5) is 42.3. The van der Waals surface area contributed by atoms with E-state index in [9.17, 15) is 19.5 Å². The van der Waals surface area contributed by atoms with Crippen LogP contribution < -0.4 is 0 Å². The summed E-state index contributed by atoms with van der Waals surface area (Å²) in [5.74, 6) is 5.12. The second kappa shape index (κ2) is 59.3. The van der Waals surface area contributed by atoms with Crippen LogP contribution in [0.4, 0.5) is 0 Å². The van der Waals surface area contributed by atoms with E-state index >= 15 is 0 Å². The first-order chi connectivity index (χ1) is 33.5. The standard InChI is InChI=1S/C50H98N2O7S9/c1-4-7-10-13-16-19-22-25-42-60-66-63-45-39-57-48(54)29-34-51(35-30-49(55)58-40-46-64-67-61-43-26-23-20-17-14-11-8-5-2)32-28-33-52(37-38-53)36-31-50(56)59-41-47-65-68-62-44-27-24-21-18-15-12-9-6-3/h53H,4-47H2,1-3H3. The Hall–Kier alpha value is 1.44. The summed E-state index contributed by atoms with van der Waals surface area (Å²) in [6.07, 6.45) is 33.6. The fourth-order valence-electron chi connectivity index (χ4n) is 7.05. The molecule has 0 aliphatic carbocycles. The molecule has 0 rings (SSSR count). The molecular weight excluding hydrogens is 1030 g/mol. The van der Waals surface area contributed by atoms with Gasteiger partial charge >= 0.3 is 17.9 Å². The Kier molecular flexibility index (Phi) is 60.6. The third-order valence-corrected chi connectivity index (χ3v) is 24.0. The van der Waals surface area contributed by atoms with Gasteiger partial charge in [0.05, 0.1) is 25.9 Å². The highest BCUT2D eigenvalue weighted by Crippen LogP contribution is 2.36. The van der Waals surface area contributed by atoms with Crippen LogP contribution in [-0.2, 0) is 28.6 Å². The van der Waals surface area contributed by atoms with Gasteiger partial charge in [0.25, 0.3) is 0 Å². The molecule has 1 N–H and O–H groups in total. The fraction of sp³-hybridized carbons (Fsp3) is 0.940. The number of hydrogen-bond acceptors (Lipinski definition) is 18. The summed E-state index contributed by atoms with van der Waals surface area (Å²) in [6, 6.07) is 0. The van der Waals surface area contributed by atoms with Crippen LogP contribution in [0.15, 0.2) is 0 Å². The van der Waals surface area contributed by atoms with Gasteiger partial charge in [0, 0.05) is 60.7 Å². The van der Waals surface area contributed by atoms with Crippen molar-refractivity contribution in [3.63, 3.8) is 0 Å². The Morgan fingerprint density at radius 3 is 0.897 bits per heavy atom. The smallest absolute Gasteiger partial charge is 0.307 e. The van der Waals surface area contributed by atoms with E-state index in [1.165, 1.54) is 160 Å². The van der Waals surface area contributed by atoms with Gasteiger partial charge in [0.15, 0.2) is 0 Å². The van der Waals surface area contributed by atoms with E-state index < -0.39 is 0 Å². The first-order valence-corrected chi connectivity index (χ1v) is 38.2. The number of hydrogen-bond donors (Lipinski definition) is 1. The lowest BCUT2D eigenvalue weighted by Gasteiger charge is -2.25. The number of esters is 3. The van der Waals surface area contributed by atoms with Crippen molar-refractivity contribution < 1.29 is 33.7 Å². The molecule has 0 saturated carbocycles. The van der Waals surface area contributed by atoms with Crippen molar-refractivity contribution in [2.75, 3.05) is 100 Å². The quantitative estimate of drug-likeness (QED) is 0.0270. The number of carbonyl (C=O) groups excluding carboxylic acids is 3. The second-order valence-electron chi connectivity index (χ2n) is 17.2. The second-order valence-corrected chi connectivity index (χ2v) is 30.6. The molecule has 68 heavy (non-hydrogen) atoms. The minimum atomic E-state index is -0.223. The van der Waals surface area contributed by atoms with Gasteiger partial charge in [-0.15, -0.1) is 0 Å². The third-order valence-electron chi connectivity index (χ3n) is 11.1. The first-order valence-electron chi connectivity index (χ1n) is 26.7. The van der Waals surface area contributed by atoms with Crippen LogP contribution in [0.25, 0.3) is 0 Å². The van der Waals surface area contributed by atoms with Gasteiger partial charge in [-0.1, -0.05) is 220 Å². The maximum Gasteiger partial charge on any atom is 0.307 e. The normalized spacial score (nSPS) is 11.6. The number of unbranched alkanes of at least 4 members (excludes halogenated alkanes) is 21. The highest BCUT2D eigenvalue weighted by molar-refractivity contribution is 9.10. The van der Waals surface area contributed by atoms with Crippen molar-refractivity contribution >= 4 is 112 Å². The van der Waals surface area contributed by atoms with E-state index in [1.807, 2.05) is 32.4 Å². The van der Waals surface area contributed by atoms with Crippen LogP contribution in [0.3, 0.4) is 0 Å². The van der Waals surface area contributed by atoms with Gasteiger partial charge in [-0.2, -0.15) is 0 Å². The van der Waals surface area contributed by atoms with Crippen LogP contribution in [0.1, 0.15) is 201 Å². The van der Waals surface area contributed by atoms with E-state index in [-0.39, 0.29) is 43.8 Å². The van der Waals surface area contributed by atoms with Gasteiger partial charge < -0.3 is 29.1 Å². The van der Waals surface area contributed by atoms with E-state index in [0.29, 0.717) is 59.1 Å². The Balaban J connectivity index is 4.53. The zero-order valence-electron chi connectivity index (χ0n) is 43.1. The minimum absolute atomic E-state index is 0.00437. The molecule has 0 aliphatic rings. The Morgan fingerprint density at radius 1 is 0.338 bits per heavy atom. The molecule has 0 fully saturated rings. The molecule has 0 amide bonds. The molecule has 0 aliphatic heterocycles. The lowest BCUT2D eigenvalue weighted by molar-refractivity contribution is -0.144. The lowest BCUT2D eigenvalue weighted by atomic mass is 10.1. The summed E-state index contributed by atoms with van der Waals surface area (Å²) in [7, 11) is 16.3. The molecule has 9 nitrogen and oxygen atoms in total. The number of aliphatic hydroxyl groups excluding tert-OH is 1. The Morgan fingerprint density at radius 2 is 0.603 bits per heavy atom. The predicted octanol–water partition coefficient (Wildman–Crippen LogP) is 16.3. The SMILES string of the molecule is CCCCCCCCCCSSSCCOC(=O)CCN(CCO)CCCN(CCC(=O)OCCSSSCCCCCCCCCC)CCC(=O)OCCSSSCCCCCCCCCC. The maximum atomic E-state index is 12.7. The van der Waals surface area contributed by atoms with Gasteiger partial charge in [0.2, 0.25) is 0 Å². The Labute approximate surface area is 452 Å². The molecule has 0 heterocycles. The number of nitrogens with zero attached hydrogens (tertiary/aromatic N) is 2. The molecule has 0 aromatic carbocycles. The van der Waals surface area contributed by atoms with Crippen molar-refractivity contribution in [2.45, 2.75) is 201 Å². The van der Waals surface area contributed by atoms with E-state index in [1.54, 1.807) is 61.9 Å². The van der Waals surface area contributed by atoms with E-state index in [0.717, 1.165) is 35.2 Å². The average Bonchev–Trinajstić information content (AvgIpc) is 3.34. The van der Waals surface area contributed by atoms with Crippen LogP contribution in [0, 0.1) is 0 Å². The van der Waals surface area contributed by atoms with Gasteiger partial charge in [0.1, 0.15) is 19.8 Å². The van der Waals surface area contributed by atoms with Crippen LogP contribution in [0.2, 0.25) is 0 Å². The minimum Gasteiger partial charge on any atom is -0.465 e. The van der Waals surface area contributed by atoms with Crippen LogP contribution in [0.5, 0.6) is 0 Å². The third kappa shape index (κ3) is 55.2. The molecular formula is C50H98N2O7S9. The molecule has 0 spiro atoms. The van der Waals surface area contributed by atoms with Crippen molar-refractivity contribution in [2.24, 2.45) is 0 Å². The van der Waals surface area contributed by atoms with Gasteiger partial charge in [-0.05, 0) is 68.3 Å². The maximum absolute atomic E-state index is 12.7. The molecule has 0 saturated heterocycles. The average molecular weight is 1130 g/mol. The van der Waals surface area contributed by atoms with Crippen molar-refractivity contribution in [3.8, 4) is 0 Å². The molecule has 404 valence electrons.